The Hall–Kier alpha value is -2.37. The molecule has 2 aromatic heterocycles. The van der Waals surface area contributed by atoms with Crippen molar-refractivity contribution in [3.8, 4) is 0 Å². The van der Waals surface area contributed by atoms with Crippen LogP contribution in [-0.2, 0) is 16.0 Å². The number of fused-ring (bicyclic) bond motifs is 1. The summed E-state index contributed by atoms with van der Waals surface area (Å²) in [7, 11) is 0. The molecule has 0 aromatic carbocycles. The van der Waals surface area contributed by atoms with E-state index in [0.29, 0.717) is 25.9 Å². The topological polar surface area (TPSA) is 75.5 Å². The zero-order valence-corrected chi connectivity index (χ0v) is 11.4. The van der Waals surface area contributed by atoms with Crippen molar-refractivity contribution >= 4 is 17.3 Å². The van der Waals surface area contributed by atoms with Crippen LogP contribution in [0.4, 0.5) is 0 Å². The van der Waals surface area contributed by atoms with Crippen LogP contribution in [0.25, 0.3) is 5.52 Å². The Morgan fingerprint density at radius 2 is 2.10 bits per heavy atom. The number of rotatable bonds is 6. The molecule has 0 aliphatic carbocycles. The lowest BCUT2D eigenvalue weighted by Crippen LogP contribution is -2.30. The summed E-state index contributed by atoms with van der Waals surface area (Å²) in [5.74, 6) is 0.726. The molecule has 6 heteroatoms. The monoisotopic (exact) mass is 274 g/mol. The van der Waals surface area contributed by atoms with Crippen LogP contribution in [-0.4, -0.2) is 34.3 Å². The van der Waals surface area contributed by atoms with Crippen molar-refractivity contribution in [3.63, 3.8) is 0 Å². The van der Waals surface area contributed by atoms with E-state index in [4.69, 9.17) is 0 Å². The van der Waals surface area contributed by atoms with Gasteiger partial charge in [0, 0.05) is 39.1 Å². The number of pyridine rings is 1. The third kappa shape index (κ3) is 3.81. The maximum Gasteiger partial charge on any atom is 0.221 e. The van der Waals surface area contributed by atoms with Gasteiger partial charge in [-0.1, -0.05) is 6.07 Å². The first kappa shape index (κ1) is 14.0. The summed E-state index contributed by atoms with van der Waals surface area (Å²) >= 11 is 0. The molecule has 20 heavy (non-hydrogen) atoms. The molecule has 0 fully saturated rings. The lowest BCUT2D eigenvalue weighted by atomic mass is 10.3. The third-order valence-corrected chi connectivity index (χ3v) is 2.91. The molecule has 2 heterocycles. The van der Waals surface area contributed by atoms with Gasteiger partial charge in [-0.3, -0.25) is 9.59 Å². The van der Waals surface area contributed by atoms with Crippen LogP contribution in [0.1, 0.15) is 19.2 Å². The number of hydrogen-bond acceptors (Lipinski definition) is 3. The SMILES string of the molecule is CC(=O)NCCC(=O)NCCc1ncc2ccccn12. The first-order chi connectivity index (χ1) is 9.66. The van der Waals surface area contributed by atoms with E-state index in [1.807, 2.05) is 35.0 Å². The van der Waals surface area contributed by atoms with Crippen LogP contribution >= 0.6 is 0 Å². The minimum absolute atomic E-state index is 0.0698. The number of nitrogens with zero attached hydrogens (tertiary/aromatic N) is 2. The second kappa shape index (κ2) is 6.70. The number of aromatic nitrogens is 2. The van der Waals surface area contributed by atoms with E-state index in [1.54, 1.807) is 0 Å². The average Bonchev–Trinajstić information content (AvgIpc) is 2.82. The van der Waals surface area contributed by atoms with E-state index in [2.05, 4.69) is 15.6 Å². The van der Waals surface area contributed by atoms with Crippen molar-refractivity contribution in [2.24, 2.45) is 0 Å². The van der Waals surface area contributed by atoms with Gasteiger partial charge in [0.25, 0.3) is 0 Å². The molecule has 6 nitrogen and oxygen atoms in total. The van der Waals surface area contributed by atoms with Crippen LogP contribution < -0.4 is 10.6 Å². The summed E-state index contributed by atoms with van der Waals surface area (Å²) in [6.07, 6.45) is 4.73. The number of amides is 2. The molecule has 0 spiro atoms. The van der Waals surface area contributed by atoms with Gasteiger partial charge in [-0.2, -0.15) is 0 Å². The zero-order chi connectivity index (χ0) is 14.4. The van der Waals surface area contributed by atoms with E-state index < -0.39 is 0 Å². The number of carbonyl (C=O) groups is 2. The van der Waals surface area contributed by atoms with Crippen molar-refractivity contribution < 1.29 is 9.59 Å². The molecule has 0 aliphatic heterocycles. The molecule has 0 saturated heterocycles. The Balaban J connectivity index is 1.75. The van der Waals surface area contributed by atoms with E-state index in [-0.39, 0.29) is 11.8 Å². The molecule has 0 bridgehead atoms. The molecule has 0 aliphatic rings. The average molecular weight is 274 g/mol. The molecule has 0 unspecified atom stereocenters. The number of nitrogens with one attached hydrogen (secondary N) is 2. The van der Waals surface area contributed by atoms with Crippen molar-refractivity contribution in [2.45, 2.75) is 19.8 Å². The maximum atomic E-state index is 11.5. The maximum absolute atomic E-state index is 11.5. The van der Waals surface area contributed by atoms with Gasteiger partial charge in [0.2, 0.25) is 11.8 Å². The summed E-state index contributed by atoms with van der Waals surface area (Å²) < 4.78 is 2.00. The fourth-order valence-electron chi connectivity index (χ4n) is 1.94. The van der Waals surface area contributed by atoms with Crippen LogP contribution in [0.15, 0.2) is 30.6 Å². The van der Waals surface area contributed by atoms with Gasteiger partial charge in [0.1, 0.15) is 5.82 Å². The van der Waals surface area contributed by atoms with E-state index >= 15 is 0 Å². The summed E-state index contributed by atoms with van der Waals surface area (Å²) in [6, 6.07) is 5.90. The Labute approximate surface area is 117 Å². The Morgan fingerprint density at radius 3 is 2.90 bits per heavy atom. The smallest absolute Gasteiger partial charge is 0.221 e. The van der Waals surface area contributed by atoms with Gasteiger partial charge >= 0.3 is 0 Å². The predicted octanol–water partition coefficient (Wildman–Crippen LogP) is 0.519. The first-order valence-corrected chi connectivity index (χ1v) is 6.59. The summed E-state index contributed by atoms with van der Waals surface area (Å²) in [5.41, 5.74) is 1.04. The Kier molecular flexibility index (Phi) is 4.70. The second-order valence-corrected chi connectivity index (χ2v) is 4.50. The lowest BCUT2D eigenvalue weighted by Gasteiger charge is -2.05. The normalized spacial score (nSPS) is 10.4. The number of imidazole rings is 1. The van der Waals surface area contributed by atoms with Crippen molar-refractivity contribution in [3.05, 3.63) is 36.4 Å². The second-order valence-electron chi connectivity index (χ2n) is 4.50. The molecule has 106 valence electrons. The van der Waals surface area contributed by atoms with Crippen LogP contribution in [0.5, 0.6) is 0 Å². The van der Waals surface area contributed by atoms with E-state index in [9.17, 15) is 9.59 Å². The standard InChI is InChI=1S/C14H18N4O2/c1-11(19)15-8-6-14(20)16-7-5-13-17-10-12-4-2-3-9-18(12)13/h2-4,9-10H,5-8H2,1H3,(H,15,19)(H,16,20). The highest BCUT2D eigenvalue weighted by Crippen LogP contribution is 2.06. The van der Waals surface area contributed by atoms with Gasteiger partial charge in [-0.05, 0) is 12.1 Å². The molecule has 2 rings (SSSR count). The van der Waals surface area contributed by atoms with Crippen LogP contribution in [0.3, 0.4) is 0 Å². The molecule has 2 N–H and O–H groups in total. The zero-order valence-electron chi connectivity index (χ0n) is 11.4. The van der Waals surface area contributed by atoms with Crippen molar-refractivity contribution in [1.29, 1.82) is 0 Å². The molecule has 2 aromatic rings. The van der Waals surface area contributed by atoms with Gasteiger partial charge in [0.15, 0.2) is 0 Å². The first-order valence-electron chi connectivity index (χ1n) is 6.59. The number of hydrogen-bond donors (Lipinski definition) is 2. The van der Waals surface area contributed by atoms with Crippen molar-refractivity contribution in [1.82, 2.24) is 20.0 Å². The predicted molar refractivity (Wildman–Crippen MR) is 75.2 cm³/mol. The number of carbonyl (C=O) groups excluding carboxylic acids is 2. The van der Waals surface area contributed by atoms with Crippen molar-refractivity contribution in [2.75, 3.05) is 13.1 Å². The largest absolute Gasteiger partial charge is 0.356 e. The fourth-order valence-corrected chi connectivity index (χ4v) is 1.94. The highest BCUT2D eigenvalue weighted by molar-refractivity contribution is 5.77. The molecule has 0 radical (unpaired) electrons. The fraction of sp³-hybridized carbons (Fsp3) is 0.357. The van der Waals surface area contributed by atoms with Crippen LogP contribution in [0.2, 0.25) is 0 Å². The van der Waals surface area contributed by atoms with E-state index in [0.717, 1.165) is 11.3 Å². The van der Waals surface area contributed by atoms with Crippen LogP contribution in [0, 0.1) is 0 Å². The highest BCUT2D eigenvalue weighted by atomic mass is 16.2. The quantitative estimate of drug-likeness (QED) is 0.806. The van der Waals surface area contributed by atoms with E-state index in [1.165, 1.54) is 6.92 Å². The Bertz CT molecular complexity index is 606. The minimum Gasteiger partial charge on any atom is -0.356 e. The molecular formula is C14H18N4O2. The lowest BCUT2D eigenvalue weighted by molar-refractivity contribution is -0.121. The third-order valence-electron chi connectivity index (χ3n) is 2.91. The summed E-state index contributed by atoms with van der Waals surface area (Å²) in [4.78, 5) is 26.5. The minimum atomic E-state index is -0.123. The van der Waals surface area contributed by atoms with Gasteiger partial charge in [-0.15, -0.1) is 0 Å². The van der Waals surface area contributed by atoms with Gasteiger partial charge in [-0.25, -0.2) is 4.98 Å². The van der Waals surface area contributed by atoms with Gasteiger partial charge < -0.3 is 15.0 Å². The van der Waals surface area contributed by atoms with Gasteiger partial charge in [0.05, 0.1) is 11.7 Å². The summed E-state index contributed by atoms with van der Waals surface area (Å²) in [6.45, 7) is 2.34. The molecule has 2 amide bonds. The molecule has 0 saturated carbocycles. The molecular weight excluding hydrogens is 256 g/mol. The highest BCUT2D eigenvalue weighted by Gasteiger charge is 2.04. The molecule has 0 atom stereocenters. The summed E-state index contributed by atoms with van der Waals surface area (Å²) in [5, 5.41) is 5.40. The Morgan fingerprint density at radius 1 is 1.25 bits per heavy atom.